The van der Waals surface area contributed by atoms with Gasteiger partial charge in [-0.15, -0.1) is 11.3 Å². The first-order valence-electron chi connectivity index (χ1n) is 48.0. The third-order valence-corrected chi connectivity index (χ3v) is 29.1. The van der Waals surface area contributed by atoms with E-state index in [0.717, 1.165) is 133 Å². The predicted octanol–water partition coefficient (Wildman–Crippen LogP) is 32.3. The Bertz CT molecular complexity index is 10200. The molecule has 10 aromatic heterocycles. The molecule has 0 N–H and O–H groups in total. The van der Waals surface area contributed by atoms with Crippen molar-refractivity contribution in [1.82, 2.24) is 67.3 Å². The standard InChI is InChI=1S/C45H27N5S.C44H28N4.C39H25N5/c1-3-14-28(15-4-1)43-46-44(34-22-13-21-33-32-20-9-12-25-41(32)51-42(33)34)48-45(47-43)50-38-24-11-8-19-31(38)36-26-35-30-18-7-10-23-37(30)49(39(35)27-40(36)50)29-16-5-2-6-17-29;1-3-13-29(14-4-1)30-23-25-31(26-24-30)43-35-19-7-10-20-38(35)45-44(46-43)48-40-22-12-9-18-34(40)37-27-36-33-17-8-11-21-39(33)47(41(36)28-42(37)48)32-15-5-2-6-16-32;1-4-14-26(15-5-1)37-40-38(27-16-6-2-7-17-27)42-39(41-37)44-34-23-13-11-21-30(34)32-24-31-29-20-10-12-22-33(29)43(35(31)25-36(32)44)28-18-8-3-9-19-28/h1-27H;1-28H;1-25H. The number of nitrogens with zero attached hydrogens (tertiary/aromatic N) is 14. The second kappa shape index (κ2) is 33.9. The van der Waals surface area contributed by atoms with Crippen LogP contribution in [0.25, 0.3) is 265 Å². The molecule has 143 heavy (non-hydrogen) atoms. The molecule has 0 aliphatic rings. The summed E-state index contributed by atoms with van der Waals surface area (Å²) in [6.07, 6.45) is 0. The van der Waals surface area contributed by atoms with Crippen LogP contribution in [0.2, 0.25) is 0 Å². The SMILES string of the molecule is c1ccc(-c2ccc(-c3nc(-n4c5ccccc5c5cc6c7ccccc7n(-c7ccccc7)c6cc54)nc4ccccc34)cc2)cc1.c1ccc(-c2nc(-c3cccc4c3sc3ccccc34)nc(-n3c4ccccc4c4cc5c6ccccc6n(-c6ccccc6)c5cc43)n2)cc1.c1ccc(-c2nc(-c3ccccc3)nc(-n3c4ccccc4c4cc5c6ccccc6n(-c6ccccc6)c5cc43)n2)cc1. The van der Waals surface area contributed by atoms with Crippen LogP contribution in [0.1, 0.15) is 0 Å². The molecule has 15 heteroatoms. The van der Waals surface area contributed by atoms with Crippen LogP contribution >= 0.6 is 11.3 Å². The van der Waals surface area contributed by atoms with Gasteiger partial charge in [-0.3, -0.25) is 13.7 Å². The third-order valence-electron chi connectivity index (χ3n) is 27.9. The van der Waals surface area contributed by atoms with Crippen LogP contribution in [0.5, 0.6) is 0 Å². The minimum atomic E-state index is 0.588. The topological polar surface area (TPSA) is 133 Å². The number of para-hydroxylation sites is 10. The fourth-order valence-electron chi connectivity index (χ4n) is 21.5. The van der Waals surface area contributed by atoms with Crippen molar-refractivity contribution in [2.45, 2.75) is 0 Å². The molecule has 0 saturated heterocycles. The molecule has 30 rings (SSSR count). The van der Waals surface area contributed by atoms with Gasteiger partial charge in [0.15, 0.2) is 23.3 Å². The minimum Gasteiger partial charge on any atom is -0.309 e. The highest BCUT2D eigenvalue weighted by Gasteiger charge is 2.28. The Hall–Kier alpha value is -19.2. The summed E-state index contributed by atoms with van der Waals surface area (Å²) in [6.45, 7) is 0. The molecule has 0 radical (unpaired) electrons. The fraction of sp³-hybridized carbons (Fsp3) is 0. The summed E-state index contributed by atoms with van der Waals surface area (Å²) >= 11 is 1.79. The first-order valence-corrected chi connectivity index (χ1v) is 48.9. The minimum absolute atomic E-state index is 0.588. The van der Waals surface area contributed by atoms with Crippen molar-refractivity contribution >= 4 is 173 Å². The molecular formula is C128H80N14S. The Morgan fingerprint density at radius 3 is 0.811 bits per heavy atom. The summed E-state index contributed by atoms with van der Waals surface area (Å²) in [7, 11) is 0. The van der Waals surface area contributed by atoms with Crippen molar-refractivity contribution in [1.29, 1.82) is 0 Å². The van der Waals surface area contributed by atoms with Crippen LogP contribution < -0.4 is 0 Å². The molecule has 0 fully saturated rings. The average Bonchev–Trinajstić information content (AvgIpc) is 1.56. The second-order valence-electron chi connectivity index (χ2n) is 36.1. The molecule has 0 unspecified atom stereocenters. The van der Waals surface area contributed by atoms with Gasteiger partial charge in [0.2, 0.25) is 17.8 Å². The molecule has 668 valence electrons. The maximum Gasteiger partial charge on any atom is 0.238 e. The summed E-state index contributed by atoms with van der Waals surface area (Å²) < 4.78 is 16.2. The largest absolute Gasteiger partial charge is 0.309 e. The lowest BCUT2D eigenvalue weighted by Gasteiger charge is -2.12. The smallest absolute Gasteiger partial charge is 0.238 e. The van der Waals surface area contributed by atoms with Crippen molar-refractivity contribution in [3.8, 4) is 103 Å². The van der Waals surface area contributed by atoms with E-state index in [2.05, 4.69) is 428 Å². The Labute approximate surface area is 822 Å². The van der Waals surface area contributed by atoms with Crippen molar-refractivity contribution in [3.05, 3.63) is 485 Å². The first kappa shape index (κ1) is 82.1. The lowest BCUT2D eigenvalue weighted by Crippen LogP contribution is -2.06. The molecule has 0 spiro atoms. The van der Waals surface area contributed by atoms with Gasteiger partial charge in [0.25, 0.3) is 0 Å². The van der Waals surface area contributed by atoms with Crippen LogP contribution in [0.4, 0.5) is 0 Å². The molecule has 30 aromatic rings. The van der Waals surface area contributed by atoms with Gasteiger partial charge in [0, 0.05) is 135 Å². The van der Waals surface area contributed by atoms with E-state index in [4.69, 9.17) is 39.9 Å². The van der Waals surface area contributed by atoms with Crippen LogP contribution in [0.15, 0.2) is 485 Å². The van der Waals surface area contributed by atoms with Gasteiger partial charge < -0.3 is 13.7 Å². The molecule has 0 aliphatic heterocycles. The maximum atomic E-state index is 5.36. The van der Waals surface area contributed by atoms with Crippen molar-refractivity contribution < 1.29 is 0 Å². The summed E-state index contributed by atoms with van der Waals surface area (Å²) in [5.74, 6) is 4.40. The van der Waals surface area contributed by atoms with E-state index < -0.39 is 0 Å². The zero-order valence-electron chi connectivity index (χ0n) is 76.9. The summed E-state index contributed by atoms with van der Waals surface area (Å²) in [4.78, 5) is 41.5. The third kappa shape index (κ3) is 13.8. The molecule has 0 bridgehead atoms. The predicted molar refractivity (Wildman–Crippen MR) is 591 cm³/mol. The van der Waals surface area contributed by atoms with Crippen molar-refractivity contribution in [3.63, 3.8) is 0 Å². The number of aromatic nitrogens is 14. The average molecular weight is 1850 g/mol. The fourth-order valence-corrected chi connectivity index (χ4v) is 22.7. The Kier molecular flexibility index (Phi) is 19.5. The van der Waals surface area contributed by atoms with E-state index in [0.29, 0.717) is 41.1 Å². The number of hydrogen-bond acceptors (Lipinski definition) is 9. The van der Waals surface area contributed by atoms with Gasteiger partial charge >= 0.3 is 0 Å². The van der Waals surface area contributed by atoms with E-state index in [1.165, 1.54) is 90.9 Å². The maximum absolute atomic E-state index is 5.36. The monoisotopic (exact) mass is 1840 g/mol. The van der Waals surface area contributed by atoms with Crippen LogP contribution in [-0.2, 0) is 0 Å². The van der Waals surface area contributed by atoms with Gasteiger partial charge in [-0.25, -0.2) is 19.9 Å². The number of rotatable bonds is 12. The van der Waals surface area contributed by atoms with E-state index in [9.17, 15) is 0 Å². The summed E-state index contributed by atoms with van der Waals surface area (Å²) in [5.41, 5.74) is 25.8. The molecule has 20 aromatic carbocycles. The Morgan fingerprint density at radius 1 is 0.154 bits per heavy atom. The van der Waals surface area contributed by atoms with E-state index in [-0.39, 0.29) is 0 Å². The Morgan fingerprint density at radius 2 is 0.427 bits per heavy atom. The normalized spacial score (nSPS) is 11.8. The summed E-state index contributed by atoms with van der Waals surface area (Å²) in [6, 6.07) is 170. The van der Waals surface area contributed by atoms with Gasteiger partial charge in [-0.2, -0.15) is 19.9 Å². The van der Waals surface area contributed by atoms with Crippen molar-refractivity contribution in [2.24, 2.45) is 0 Å². The number of thiophene rings is 1. The first-order chi connectivity index (χ1) is 70.9. The highest BCUT2D eigenvalue weighted by molar-refractivity contribution is 7.26. The van der Waals surface area contributed by atoms with E-state index >= 15 is 0 Å². The van der Waals surface area contributed by atoms with Crippen LogP contribution in [0.3, 0.4) is 0 Å². The zero-order valence-corrected chi connectivity index (χ0v) is 77.7. The molecule has 0 saturated carbocycles. The van der Waals surface area contributed by atoms with Gasteiger partial charge in [-0.1, -0.05) is 358 Å². The van der Waals surface area contributed by atoms with E-state index in [1.807, 2.05) is 84.9 Å². The molecule has 0 amide bonds. The molecular weight excluding hydrogens is 1770 g/mol. The highest BCUT2D eigenvalue weighted by atomic mass is 32.1. The molecule has 14 nitrogen and oxygen atoms in total. The van der Waals surface area contributed by atoms with Gasteiger partial charge in [-0.05, 0) is 139 Å². The van der Waals surface area contributed by atoms with Crippen LogP contribution in [0, 0.1) is 0 Å². The lowest BCUT2D eigenvalue weighted by molar-refractivity contribution is 0.953. The van der Waals surface area contributed by atoms with Crippen LogP contribution in [-0.4, -0.2) is 67.3 Å². The lowest BCUT2D eigenvalue weighted by atomic mass is 10.0. The van der Waals surface area contributed by atoms with E-state index in [1.54, 1.807) is 11.3 Å². The van der Waals surface area contributed by atoms with Crippen molar-refractivity contribution in [2.75, 3.05) is 0 Å². The number of benzene rings is 20. The Balaban J connectivity index is 0.000000105. The molecule has 10 heterocycles. The molecule has 0 aliphatic carbocycles. The summed E-state index contributed by atoms with van der Waals surface area (Å²) in [5, 5.41) is 17.8. The quantitative estimate of drug-likeness (QED) is 0.118. The second-order valence-corrected chi connectivity index (χ2v) is 37.1. The van der Waals surface area contributed by atoms with Gasteiger partial charge in [0.1, 0.15) is 0 Å². The highest BCUT2D eigenvalue weighted by Crippen LogP contribution is 2.47. The molecule has 0 atom stereocenters. The number of hydrogen-bond donors (Lipinski definition) is 0. The number of fused-ring (bicyclic) bond motifs is 22. The van der Waals surface area contributed by atoms with Gasteiger partial charge in [0.05, 0.1) is 77.4 Å². The zero-order chi connectivity index (χ0) is 94.1.